The average Bonchev–Trinajstić information content (AvgIpc) is 3.30. The van der Waals surface area contributed by atoms with Crippen molar-refractivity contribution in [1.29, 1.82) is 0 Å². The van der Waals surface area contributed by atoms with Gasteiger partial charge in [-0.25, -0.2) is 0 Å². The van der Waals surface area contributed by atoms with Gasteiger partial charge < -0.3 is 4.74 Å². The van der Waals surface area contributed by atoms with E-state index in [9.17, 15) is 8.42 Å². The van der Waals surface area contributed by atoms with Gasteiger partial charge >= 0.3 is 0 Å². The highest BCUT2D eigenvalue weighted by molar-refractivity contribution is 7.86. The molecule has 0 saturated heterocycles. The van der Waals surface area contributed by atoms with Crippen molar-refractivity contribution < 1.29 is 17.3 Å². The molecule has 4 rings (SSSR count). The summed E-state index contributed by atoms with van der Waals surface area (Å²) in [5, 5.41) is 0. The second-order valence-corrected chi connectivity index (χ2v) is 8.97. The summed E-state index contributed by atoms with van der Waals surface area (Å²) in [6.07, 6.45) is 5.34. The van der Waals surface area contributed by atoms with Gasteiger partial charge in [0.15, 0.2) is 0 Å². The summed E-state index contributed by atoms with van der Waals surface area (Å²) in [5.74, 6) is 1.52. The molecule has 5 heteroatoms. The summed E-state index contributed by atoms with van der Waals surface area (Å²) in [5.41, 5.74) is 4.14. The minimum Gasteiger partial charge on any atom is -0.485 e. The molecule has 26 heavy (non-hydrogen) atoms. The quantitative estimate of drug-likeness (QED) is 0.732. The highest BCUT2D eigenvalue weighted by Gasteiger charge is 2.33. The molecule has 0 amide bonds. The summed E-state index contributed by atoms with van der Waals surface area (Å²) in [4.78, 5) is 0.200. The SMILES string of the molecule is COS(=O)(=O)c1ccc(C)cc1C1Cc2cccc(C3CCCC3)c2O1. The predicted octanol–water partition coefficient (Wildman–Crippen LogP) is 4.66. The van der Waals surface area contributed by atoms with Crippen LogP contribution in [0.2, 0.25) is 0 Å². The van der Waals surface area contributed by atoms with E-state index in [1.165, 1.54) is 43.9 Å². The second kappa shape index (κ2) is 6.71. The number of rotatable bonds is 4. The maximum atomic E-state index is 12.4. The van der Waals surface area contributed by atoms with Gasteiger partial charge in [0.1, 0.15) is 16.7 Å². The monoisotopic (exact) mass is 372 g/mol. The van der Waals surface area contributed by atoms with Crippen LogP contribution < -0.4 is 4.74 Å². The molecule has 4 nitrogen and oxygen atoms in total. The second-order valence-electron chi connectivity index (χ2n) is 7.29. The van der Waals surface area contributed by atoms with Gasteiger partial charge in [0, 0.05) is 12.0 Å². The molecule has 0 bridgehead atoms. The van der Waals surface area contributed by atoms with Gasteiger partial charge in [-0.05, 0) is 42.9 Å². The van der Waals surface area contributed by atoms with E-state index in [4.69, 9.17) is 8.92 Å². The molecule has 1 atom stereocenters. The third kappa shape index (κ3) is 3.03. The van der Waals surface area contributed by atoms with Crippen molar-refractivity contribution in [2.24, 2.45) is 0 Å². The van der Waals surface area contributed by atoms with Crippen molar-refractivity contribution in [3.8, 4) is 5.75 Å². The maximum Gasteiger partial charge on any atom is 0.297 e. The molecule has 2 aromatic rings. The third-order valence-electron chi connectivity index (χ3n) is 5.59. The number of fused-ring (bicyclic) bond motifs is 1. The number of benzene rings is 2. The molecule has 0 radical (unpaired) electrons. The van der Waals surface area contributed by atoms with Gasteiger partial charge in [0.2, 0.25) is 0 Å². The first kappa shape index (κ1) is 17.6. The molecule has 0 N–H and O–H groups in total. The molecule has 1 unspecified atom stereocenters. The van der Waals surface area contributed by atoms with Crippen LogP contribution in [0.4, 0.5) is 0 Å². The lowest BCUT2D eigenvalue weighted by Gasteiger charge is -2.18. The Bertz CT molecular complexity index is 927. The first-order valence-electron chi connectivity index (χ1n) is 9.19. The van der Waals surface area contributed by atoms with E-state index in [2.05, 4.69) is 18.2 Å². The van der Waals surface area contributed by atoms with E-state index >= 15 is 0 Å². The molecule has 0 aromatic heterocycles. The fourth-order valence-corrected chi connectivity index (χ4v) is 5.15. The zero-order chi connectivity index (χ0) is 18.3. The Labute approximate surface area is 155 Å². The van der Waals surface area contributed by atoms with Crippen LogP contribution in [-0.4, -0.2) is 15.5 Å². The van der Waals surface area contributed by atoms with Crippen LogP contribution in [0.15, 0.2) is 41.3 Å². The van der Waals surface area contributed by atoms with Crippen molar-refractivity contribution in [3.05, 3.63) is 58.7 Å². The number of aryl methyl sites for hydroxylation is 1. The average molecular weight is 372 g/mol. The Morgan fingerprint density at radius 3 is 2.58 bits per heavy atom. The van der Waals surface area contributed by atoms with E-state index in [0.717, 1.165) is 11.3 Å². The van der Waals surface area contributed by atoms with Crippen molar-refractivity contribution >= 4 is 10.1 Å². The predicted molar refractivity (Wildman–Crippen MR) is 100 cm³/mol. The van der Waals surface area contributed by atoms with E-state index in [1.807, 2.05) is 13.0 Å². The Balaban J connectivity index is 1.73. The standard InChI is InChI=1S/C21H24O4S/c1-14-10-11-20(26(22,23)24-2)18(12-14)19-13-16-8-5-9-17(21(16)25-19)15-6-3-4-7-15/h5,8-12,15,19H,3-4,6-7,13H2,1-2H3. The lowest BCUT2D eigenvalue weighted by Crippen LogP contribution is -2.12. The van der Waals surface area contributed by atoms with Crippen LogP contribution in [0.3, 0.4) is 0 Å². The van der Waals surface area contributed by atoms with E-state index in [1.54, 1.807) is 12.1 Å². The molecular weight excluding hydrogens is 348 g/mol. The first-order valence-corrected chi connectivity index (χ1v) is 10.6. The highest BCUT2D eigenvalue weighted by Crippen LogP contribution is 2.46. The molecular formula is C21H24O4S. The summed E-state index contributed by atoms with van der Waals surface area (Å²) >= 11 is 0. The lowest BCUT2D eigenvalue weighted by atomic mass is 9.94. The van der Waals surface area contributed by atoms with Gasteiger partial charge in [-0.15, -0.1) is 0 Å². The molecule has 2 aliphatic rings. The maximum absolute atomic E-state index is 12.4. The highest BCUT2D eigenvalue weighted by atomic mass is 32.2. The Morgan fingerprint density at radius 2 is 1.85 bits per heavy atom. The van der Waals surface area contributed by atoms with E-state index < -0.39 is 10.1 Å². The largest absolute Gasteiger partial charge is 0.485 e. The minimum absolute atomic E-state index is 0.200. The van der Waals surface area contributed by atoms with Crippen LogP contribution >= 0.6 is 0 Å². The van der Waals surface area contributed by atoms with Gasteiger partial charge in [0.05, 0.1) is 7.11 Å². The fourth-order valence-electron chi connectivity index (χ4n) is 4.26. The minimum atomic E-state index is -3.78. The Hall–Kier alpha value is -1.85. The third-order valence-corrected chi connectivity index (χ3v) is 6.94. The molecule has 1 aliphatic heterocycles. The summed E-state index contributed by atoms with van der Waals surface area (Å²) in [6.45, 7) is 1.96. The molecule has 1 fully saturated rings. The zero-order valence-corrected chi connectivity index (χ0v) is 16.0. The number of ether oxygens (including phenoxy) is 1. The van der Waals surface area contributed by atoms with E-state index in [0.29, 0.717) is 17.9 Å². The molecule has 0 spiro atoms. The van der Waals surface area contributed by atoms with Gasteiger partial charge in [-0.1, -0.05) is 48.7 Å². The Morgan fingerprint density at radius 1 is 1.08 bits per heavy atom. The topological polar surface area (TPSA) is 52.6 Å². The summed E-state index contributed by atoms with van der Waals surface area (Å²) in [7, 11) is -2.58. The van der Waals surface area contributed by atoms with Gasteiger partial charge in [0.25, 0.3) is 10.1 Å². The van der Waals surface area contributed by atoms with Crippen LogP contribution in [0.25, 0.3) is 0 Å². The van der Waals surface area contributed by atoms with Crippen LogP contribution in [0, 0.1) is 6.92 Å². The molecule has 138 valence electrons. The van der Waals surface area contributed by atoms with Gasteiger partial charge in [-0.2, -0.15) is 8.42 Å². The Kier molecular flexibility index (Phi) is 4.53. The van der Waals surface area contributed by atoms with Crippen LogP contribution in [-0.2, 0) is 20.7 Å². The lowest BCUT2D eigenvalue weighted by molar-refractivity contribution is 0.231. The van der Waals surface area contributed by atoms with Crippen LogP contribution in [0.5, 0.6) is 5.75 Å². The fraction of sp³-hybridized carbons (Fsp3) is 0.429. The molecule has 1 aliphatic carbocycles. The number of hydrogen-bond acceptors (Lipinski definition) is 4. The zero-order valence-electron chi connectivity index (χ0n) is 15.2. The first-order chi connectivity index (χ1) is 12.5. The smallest absolute Gasteiger partial charge is 0.297 e. The van der Waals surface area contributed by atoms with Crippen molar-refractivity contribution in [2.45, 2.75) is 55.9 Å². The van der Waals surface area contributed by atoms with Crippen molar-refractivity contribution in [2.75, 3.05) is 7.11 Å². The molecule has 2 aromatic carbocycles. The van der Waals surface area contributed by atoms with Gasteiger partial charge in [-0.3, -0.25) is 4.18 Å². The number of para-hydroxylation sites is 1. The number of hydrogen-bond donors (Lipinski definition) is 0. The van der Waals surface area contributed by atoms with Crippen LogP contribution in [0.1, 0.15) is 60.0 Å². The van der Waals surface area contributed by atoms with Crippen molar-refractivity contribution in [1.82, 2.24) is 0 Å². The normalized spacial score (nSPS) is 20.2. The summed E-state index contributed by atoms with van der Waals surface area (Å²) in [6, 6.07) is 11.7. The molecule has 1 saturated carbocycles. The summed E-state index contributed by atoms with van der Waals surface area (Å²) < 4.78 is 35.8. The molecule has 1 heterocycles. The van der Waals surface area contributed by atoms with Crippen molar-refractivity contribution in [3.63, 3.8) is 0 Å². The van der Waals surface area contributed by atoms with E-state index in [-0.39, 0.29) is 11.0 Å².